The second kappa shape index (κ2) is 6.35. The lowest BCUT2D eigenvalue weighted by Gasteiger charge is -2.12. The summed E-state index contributed by atoms with van der Waals surface area (Å²) in [6.45, 7) is -0.0447. The maximum Gasteiger partial charge on any atom is 0.195 e. The lowest BCUT2D eigenvalue weighted by Crippen LogP contribution is -2.07. The third kappa shape index (κ3) is 2.81. The molecular weight excluding hydrogens is 330 g/mol. The van der Waals surface area contributed by atoms with E-state index in [-0.39, 0.29) is 6.61 Å². The first-order valence-corrected chi connectivity index (χ1v) is 8.94. The minimum atomic E-state index is -0.0447. The van der Waals surface area contributed by atoms with Crippen LogP contribution in [-0.4, -0.2) is 28.6 Å². The van der Waals surface area contributed by atoms with Gasteiger partial charge in [0.05, 0.1) is 22.9 Å². The first-order chi connectivity index (χ1) is 12.2. The zero-order valence-electron chi connectivity index (χ0n) is 14.2. The molecule has 0 unspecified atom stereocenters. The molecule has 5 heteroatoms. The fourth-order valence-electron chi connectivity index (χ4n) is 2.93. The van der Waals surface area contributed by atoms with Crippen molar-refractivity contribution in [2.24, 2.45) is 0 Å². The summed E-state index contributed by atoms with van der Waals surface area (Å²) in [6, 6.07) is 18.5. The molecule has 0 fully saturated rings. The van der Waals surface area contributed by atoms with Crippen LogP contribution in [0.25, 0.3) is 26.7 Å². The summed E-state index contributed by atoms with van der Waals surface area (Å²) < 4.78 is 2.00. The number of thiazole rings is 1. The van der Waals surface area contributed by atoms with Gasteiger partial charge in [0.25, 0.3) is 0 Å². The Kier molecular flexibility index (Phi) is 4.03. The van der Waals surface area contributed by atoms with Crippen LogP contribution in [0.5, 0.6) is 0 Å². The molecule has 4 aromatic rings. The fourth-order valence-corrected chi connectivity index (χ4v) is 3.93. The summed E-state index contributed by atoms with van der Waals surface area (Å²) in [5.41, 5.74) is 5.00. The van der Waals surface area contributed by atoms with Crippen LogP contribution in [0.3, 0.4) is 0 Å². The summed E-state index contributed by atoms with van der Waals surface area (Å²) in [7, 11) is 4.04. The highest BCUT2D eigenvalue weighted by Gasteiger charge is 2.16. The molecule has 126 valence electrons. The average molecular weight is 349 g/mol. The quantitative estimate of drug-likeness (QED) is 0.597. The number of aliphatic hydroxyl groups excluding tert-OH is 1. The number of anilines is 1. The van der Waals surface area contributed by atoms with Gasteiger partial charge in [-0.3, -0.25) is 4.40 Å². The van der Waals surface area contributed by atoms with Gasteiger partial charge in [-0.05, 0) is 17.7 Å². The Morgan fingerprint density at radius 2 is 1.72 bits per heavy atom. The Morgan fingerprint density at radius 3 is 2.36 bits per heavy atom. The summed E-state index contributed by atoms with van der Waals surface area (Å²) in [5, 5.41) is 9.92. The molecule has 0 saturated carbocycles. The van der Waals surface area contributed by atoms with Crippen LogP contribution in [-0.2, 0) is 6.61 Å². The number of rotatable bonds is 4. The Labute approximate surface area is 150 Å². The van der Waals surface area contributed by atoms with Crippen molar-refractivity contribution in [3.63, 3.8) is 0 Å². The molecule has 4 nitrogen and oxygen atoms in total. The third-order valence-corrected chi connectivity index (χ3v) is 5.32. The molecular formula is C20H19N3OS. The standard InChI is InChI=1S/C20H19N3OS/c1-22(2)16-10-8-15(9-11-16)19-17(13-24)23-12-18(25-20(23)21-19)14-6-4-3-5-7-14/h3-12,24H,13H2,1-2H3. The molecule has 0 spiro atoms. The summed E-state index contributed by atoms with van der Waals surface area (Å²) >= 11 is 1.64. The third-order valence-electron chi connectivity index (χ3n) is 4.29. The van der Waals surface area contributed by atoms with Crippen LogP contribution in [0.4, 0.5) is 5.69 Å². The molecule has 4 rings (SSSR count). The second-order valence-corrected chi connectivity index (χ2v) is 7.13. The molecule has 2 heterocycles. The van der Waals surface area contributed by atoms with Crippen molar-refractivity contribution in [3.05, 3.63) is 66.5 Å². The number of fused-ring (bicyclic) bond motifs is 1. The van der Waals surface area contributed by atoms with E-state index in [1.807, 2.05) is 36.7 Å². The highest BCUT2D eigenvalue weighted by atomic mass is 32.1. The lowest BCUT2D eigenvalue weighted by molar-refractivity contribution is 0.276. The van der Waals surface area contributed by atoms with E-state index < -0.39 is 0 Å². The van der Waals surface area contributed by atoms with E-state index in [1.165, 1.54) is 5.56 Å². The van der Waals surface area contributed by atoms with Crippen LogP contribution >= 0.6 is 11.3 Å². The molecule has 0 aliphatic carbocycles. The Hall–Kier alpha value is -2.63. The van der Waals surface area contributed by atoms with Gasteiger partial charge in [0.15, 0.2) is 4.96 Å². The van der Waals surface area contributed by atoms with Crippen molar-refractivity contribution < 1.29 is 5.11 Å². The van der Waals surface area contributed by atoms with Gasteiger partial charge in [0.2, 0.25) is 0 Å². The Morgan fingerprint density at radius 1 is 1.00 bits per heavy atom. The Balaban J connectivity index is 1.79. The molecule has 0 amide bonds. The molecule has 0 aliphatic rings. The van der Waals surface area contributed by atoms with E-state index in [1.54, 1.807) is 11.3 Å². The number of imidazole rings is 1. The van der Waals surface area contributed by atoms with Gasteiger partial charge in [-0.15, -0.1) is 0 Å². The fraction of sp³-hybridized carbons (Fsp3) is 0.150. The van der Waals surface area contributed by atoms with E-state index in [0.29, 0.717) is 0 Å². The van der Waals surface area contributed by atoms with Crippen LogP contribution < -0.4 is 4.90 Å². The maximum atomic E-state index is 9.92. The van der Waals surface area contributed by atoms with Gasteiger partial charge >= 0.3 is 0 Å². The van der Waals surface area contributed by atoms with Gasteiger partial charge in [0, 0.05) is 31.5 Å². The predicted octanol–water partition coefficient (Wildman–Crippen LogP) is 4.29. The van der Waals surface area contributed by atoms with E-state index in [4.69, 9.17) is 4.98 Å². The van der Waals surface area contributed by atoms with Gasteiger partial charge in [0.1, 0.15) is 0 Å². The zero-order chi connectivity index (χ0) is 17.4. The van der Waals surface area contributed by atoms with E-state index in [9.17, 15) is 5.11 Å². The minimum absolute atomic E-state index is 0.0447. The number of aliphatic hydroxyl groups is 1. The summed E-state index contributed by atoms with van der Waals surface area (Å²) in [4.78, 5) is 8.89. The molecule has 2 aromatic heterocycles. The van der Waals surface area contributed by atoms with Crippen LogP contribution in [0.1, 0.15) is 5.69 Å². The molecule has 1 N–H and O–H groups in total. The zero-order valence-corrected chi connectivity index (χ0v) is 15.0. The van der Waals surface area contributed by atoms with E-state index >= 15 is 0 Å². The first-order valence-electron chi connectivity index (χ1n) is 8.12. The first kappa shape index (κ1) is 15.9. The summed E-state index contributed by atoms with van der Waals surface area (Å²) in [6.07, 6.45) is 2.06. The van der Waals surface area contributed by atoms with Crippen LogP contribution in [0, 0.1) is 0 Å². The van der Waals surface area contributed by atoms with Crippen molar-refractivity contribution in [2.75, 3.05) is 19.0 Å². The number of benzene rings is 2. The van der Waals surface area contributed by atoms with Crippen LogP contribution in [0.2, 0.25) is 0 Å². The number of hydrogen-bond donors (Lipinski definition) is 1. The van der Waals surface area contributed by atoms with Gasteiger partial charge in [-0.1, -0.05) is 53.8 Å². The van der Waals surface area contributed by atoms with E-state index in [2.05, 4.69) is 47.5 Å². The molecule has 2 aromatic carbocycles. The van der Waals surface area contributed by atoms with Crippen LogP contribution in [0.15, 0.2) is 60.8 Å². The SMILES string of the molecule is CN(C)c1ccc(-c2nc3sc(-c4ccccc4)cn3c2CO)cc1. The Bertz CT molecular complexity index is 1000. The van der Waals surface area contributed by atoms with Crippen molar-refractivity contribution in [1.82, 2.24) is 9.38 Å². The number of hydrogen-bond acceptors (Lipinski definition) is 4. The normalized spacial score (nSPS) is 11.2. The monoisotopic (exact) mass is 349 g/mol. The minimum Gasteiger partial charge on any atom is -0.390 e. The second-order valence-electron chi connectivity index (χ2n) is 6.12. The largest absolute Gasteiger partial charge is 0.390 e. The topological polar surface area (TPSA) is 40.8 Å². The molecule has 0 bridgehead atoms. The highest BCUT2D eigenvalue weighted by molar-refractivity contribution is 7.20. The highest BCUT2D eigenvalue weighted by Crippen LogP contribution is 2.33. The van der Waals surface area contributed by atoms with Gasteiger partial charge in [-0.2, -0.15) is 0 Å². The van der Waals surface area contributed by atoms with Crippen molar-refractivity contribution in [1.29, 1.82) is 0 Å². The van der Waals surface area contributed by atoms with Crippen molar-refractivity contribution >= 4 is 22.0 Å². The van der Waals surface area contributed by atoms with Gasteiger partial charge < -0.3 is 10.0 Å². The van der Waals surface area contributed by atoms with E-state index in [0.717, 1.165) is 32.5 Å². The lowest BCUT2D eigenvalue weighted by atomic mass is 10.1. The van der Waals surface area contributed by atoms with Crippen molar-refractivity contribution in [2.45, 2.75) is 6.61 Å². The van der Waals surface area contributed by atoms with Gasteiger partial charge in [-0.25, -0.2) is 4.98 Å². The predicted molar refractivity (Wildman–Crippen MR) is 104 cm³/mol. The molecule has 0 radical (unpaired) electrons. The number of nitrogens with zero attached hydrogens (tertiary/aromatic N) is 3. The molecule has 0 aliphatic heterocycles. The molecule has 25 heavy (non-hydrogen) atoms. The average Bonchev–Trinajstić information content (AvgIpc) is 3.20. The maximum absolute atomic E-state index is 9.92. The molecule has 0 saturated heterocycles. The summed E-state index contributed by atoms with van der Waals surface area (Å²) in [5.74, 6) is 0. The molecule has 0 atom stereocenters. The van der Waals surface area contributed by atoms with Crippen molar-refractivity contribution in [3.8, 4) is 21.7 Å². The number of aromatic nitrogens is 2. The smallest absolute Gasteiger partial charge is 0.195 e.